The normalized spacial score (nSPS) is 20.1. The molecule has 1 atom stereocenters. The van der Waals surface area contributed by atoms with Crippen LogP contribution in [-0.2, 0) is 9.59 Å². The van der Waals surface area contributed by atoms with E-state index in [4.69, 9.17) is 0 Å². The Bertz CT molecular complexity index is 240. The highest BCUT2D eigenvalue weighted by Crippen LogP contribution is 2.21. The largest absolute Gasteiger partial charge is 0.550 e. The van der Waals surface area contributed by atoms with Crippen molar-refractivity contribution >= 4 is 11.8 Å². The van der Waals surface area contributed by atoms with Crippen LogP contribution in [0.1, 0.15) is 26.2 Å². The van der Waals surface area contributed by atoms with E-state index in [1.165, 1.54) is 6.08 Å². The Morgan fingerprint density at radius 2 is 2.25 bits per heavy atom. The predicted molar refractivity (Wildman–Crippen MR) is 41.1 cm³/mol. The van der Waals surface area contributed by atoms with E-state index in [1.807, 2.05) is 0 Å². The first-order chi connectivity index (χ1) is 5.61. The van der Waals surface area contributed by atoms with Crippen LogP contribution in [0.2, 0.25) is 0 Å². The number of ketones is 1. The van der Waals surface area contributed by atoms with E-state index < -0.39 is 11.9 Å². The molecule has 0 saturated heterocycles. The summed E-state index contributed by atoms with van der Waals surface area (Å²) in [5, 5.41) is 10.4. The molecule has 12 heavy (non-hydrogen) atoms. The van der Waals surface area contributed by atoms with Crippen molar-refractivity contribution in [3.63, 3.8) is 0 Å². The maximum Gasteiger partial charge on any atom is 0.155 e. The molecular weight excluding hydrogens is 156 g/mol. The topological polar surface area (TPSA) is 57.2 Å². The number of allylic oxidation sites excluding steroid dienone is 1. The number of carboxylic acid groups (broad SMARTS) is 1. The minimum Gasteiger partial charge on any atom is -0.550 e. The highest BCUT2D eigenvalue weighted by Gasteiger charge is 2.15. The van der Waals surface area contributed by atoms with Crippen molar-refractivity contribution < 1.29 is 14.7 Å². The predicted octanol–water partition coefficient (Wildman–Crippen LogP) is 0.0518. The monoisotopic (exact) mass is 167 g/mol. The lowest BCUT2D eigenvalue weighted by Gasteiger charge is -2.19. The van der Waals surface area contributed by atoms with Gasteiger partial charge < -0.3 is 9.90 Å². The Hall–Kier alpha value is -1.12. The lowest BCUT2D eigenvalue weighted by Crippen LogP contribution is -2.31. The van der Waals surface area contributed by atoms with E-state index in [9.17, 15) is 14.7 Å². The van der Waals surface area contributed by atoms with E-state index >= 15 is 0 Å². The summed E-state index contributed by atoms with van der Waals surface area (Å²) in [6, 6.07) is 0. The lowest BCUT2D eigenvalue weighted by molar-refractivity contribution is -0.309. The fourth-order valence-electron chi connectivity index (χ4n) is 1.31. The molecule has 1 rings (SSSR count). The molecule has 0 saturated carbocycles. The van der Waals surface area contributed by atoms with Crippen molar-refractivity contribution in [2.45, 2.75) is 26.2 Å². The molecule has 0 spiro atoms. The quantitative estimate of drug-likeness (QED) is 0.584. The smallest absolute Gasteiger partial charge is 0.155 e. The molecule has 0 aromatic rings. The molecule has 0 fully saturated rings. The Labute approximate surface area is 71.1 Å². The highest BCUT2D eigenvalue weighted by molar-refractivity contribution is 5.92. The van der Waals surface area contributed by atoms with Gasteiger partial charge in [-0.1, -0.05) is 12.5 Å². The number of rotatable bonds is 2. The van der Waals surface area contributed by atoms with Gasteiger partial charge in [0.05, 0.1) is 0 Å². The second kappa shape index (κ2) is 3.52. The molecule has 0 bridgehead atoms. The second-order valence-corrected chi connectivity index (χ2v) is 3.08. The zero-order valence-electron chi connectivity index (χ0n) is 7.00. The summed E-state index contributed by atoms with van der Waals surface area (Å²) >= 11 is 0. The molecule has 0 radical (unpaired) electrons. The van der Waals surface area contributed by atoms with Gasteiger partial charge in [-0.25, -0.2) is 0 Å². The van der Waals surface area contributed by atoms with E-state index in [0.29, 0.717) is 18.4 Å². The number of carbonyl (C=O) groups excluding carboxylic acids is 2. The van der Waals surface area contributed by atoms with Crippen LogP contribution in [0.15, 0.2) is 11.6 Å². The van der Waals surface area contributed by atoms with Gasteiger partial charge in [-0.15, -0.1) is 0 Å². The Morgan fingerprint density at radius 1 is 1.58 bits per heavy atom. The van der Waals surface area contributed by atoms with Crippen LogP contribution in [0.25, 0.3) is 0 Å². The third-order valence-electron chi connectivity index (χ3n) is 2.14. The Balaban J connectivity index is 2.73. The standard InChI is InChI=1S/C9H12O3/c1-6(9(11)12)7-3-2-4-8(10)5-7/h5-6H,2-4H2,1H3,(H,11,12)/p-1. The molecule has 0 aromatic carbocycles. The maximum absolute atomic E-state index is 10.9. The molecule has 0 aliphatic heterocycles. The molecular formula is C9H11O3-. The first-order valence-electron chi connectivity index (χ1n) is 4.05. The van der Waals surface area contributed by atoms with Gasteiger partial charge in [0.25, 0.3) is 0 Å². The van der Waals surface area contributed by atoms with Gasteiger partial charge >= 0.3 is 0 Å². The summed E-state index contributed by atoms with van der Waals surface area (Å²) in [6.45, 7) is 1.56. The van der Waals surface area contributed by atoms with Crippen LogP contribution < -0.4 is 5.11 Å². The van der Waals surface area contributed by atoms with E-state index in [0.717, 1.165) is 6.42 Å². The van der Waals surface area contributed by atoms with Crippen LogP contribution >= 0.6 is 0 Å². The van der Waals surface area contributed by atoms with Crippen LogP contribution in [-0.4, -0.2) is 11.8 Å². The van der Waals surface area contributed by atoms with Crippen LogP contribution in [0.5, 0.6) is 0 Å². The van der Waals surface area contributed by atoms with Crippen LogP contribution in [0.3, 0.4) is 0 Å². The van der Waals surface area contributed by atoms with Gasteiger partial charge in [0.1, 0.15) is 0 Å². The van der Waals surface area contributed by atoms with E-state index in [2.05, 4.69) is 0 Å². The Kier molecular flexibility index (Phi) is 2.63. The van der Waals surface area contributed by atoms with E-state index in [1.54, 1.807) is 6.92 Å². The lowest BCUT2D eigenvalue weighted by atomic mass is 9.90. The van der Waals surface area contributed by atoms with Crippen LogP contribution in [0, 0.1) is 5.92 Å². The van der Waals surface area contributed by atoms with Crippen molar-refractivity contribution in [3.8, 4) is 0 Å². The van der Waals surface area contributed by atoms with Gasteiger partial charge in [-0.2, -0.15) is 0 Å². The van der Waals surface area contributed by atoms with Crippen molar-refractivity contribution in [1.82, 2.24) is 0 Å². The Morgan fingerprint density at radius 3 is 2.75 bits per heavy atom. The molecule has 0 N–H and O–H groups in total. The van der Waals surface area contributed by atoms with E-state index in [-0.39, 0.29) is 5.78 Å². The summed E-state index contributed by atoms with van der Waals surface area (Å²) in [7, 11) is 0. The number of aliphatic carboxylic acids is 1. The zero-order chi connectivity index (χ0) is 9.14. The fraction of sp³-hybridized carbons (Fsp3) is 0.556. The molecule has 0 aromatic heterocycles. The molecule has 1 unspecified atom stereocenters. The van der Waals surface area contributed by atoms with Crippen molar-refractivity contribution in [2.75, 3.05) is 0 Å². The number of hydrogen-bond donors (Lipinski definition) is 0. The third-order valence-corrected chi connectivity index (χ3v) is 2.14. The minimum atomic E-state index is -1.10. The molecule has 0 heterocycles. The van der Waals surface area contributed by atoms with Gasteiger partial charge in [-0.05, 0) is 18.9 Å². The summed E-state index contributed by atoms with van der Waals surface area (Å²) in [6.07, 6.45) is 3.47. The van der Waals surface area contributed by atoms with Crippen LogP contribution in [0.4, 0.5) is 0 Å². The average Bonchev–Trinajstić information content (AvgIpc) is 2.03. The average molecular weight is 167 g/mol. The zero-order valence-corrected chi connectivity index (χ0v) is 7.00. The van der Waals surface area contributed by atoms with Gasteiger partial charge in [0.2, 0.25) is 0 Å². The molecule has 1 aliphatic rings. The second-order valence-electron chi connectivity index (χ2n) is 3.08. The van der Waals surface area contributed by atoms with Gasteiger partial charge in [0.15, 0.2) is 5.78 Å². The van der Waals surface area contributed by atoms with Crippen molar-refractivity contribution in [1.29, 1.82) is 0 Å². The van der Waals surface area contributed by atoms with Gasteiger partial charge in [-0.3, -0.25) is 4.79 Å². The molecule has 66 valence electrons. The first kappa shape index (κ1) is 8.97. The number of carboxylic acids is 1. The SMILES string of the molecule is CC(C(=O)[O-])C1=CC(=O)CCC1. The highest BCUT2D eigenvalue weighted by atomic mass is 16.4. The number of hydrogen-bond acceptors (Lipinski definition) is 3. The molecule has 3 nitrogen and oxygen atoms in total. The van der Waals surface area contributed by atoms with Crippen molar-refractivity contribution in [3.05, 3.63) is 11.6 Å². The fourth-order valence-corrected chi connectivity index (χ4v) is 1.31. The summed E-state index contributed by atoms with van der Waals surface area (Å²) in [5.74, 6) is -1.69. The van der Waals surface area contributed by atoms with Crippen molar-refractivity contribution in [2.24, 2.45) is 5.92 Å². The van der Waals surface area contributed by atoms with Gasteiger partial charge in [0, 0.05) is 18.3 Å². The summed E-state index contributed by atoms with van der Waals surface area (Å²) in [5.41, 5.74) is 0.700. The minimum absolute atomic E-state index is 0.0318. The molecule has 3 heteroatoms. The molecule has 1 aliphatic carbocycles. The third kappa shape index (κ3) is 1.94. The summed E-state index contributed by atoms with van der Waals surface area (Å²) < 4.78 is 0. The first-order valence-corrected chi connectivity index (χ1v) is 4.05. The maximum atomic E-state index is 10.9. The molecule has 0 amide bonds. The summed E-state index contributed by atoms with van der Waals surface area (Å²) in [4.78, 5) is 21.4. The number of carbonyl (C=O) groups is 2.